The number of hydrogen-bond acceptors (Lipinski definition) is 2. The Labute approximate surface area is 108 Å². The van der Waals surface area contributed by atoms with Gasteiger partial charge in [-0.25, -0.2) is 0 Å². The van der Waals surface area contributed by atoms with Gasteiger partial charge in [-0.15, -0.1) is 0 Å². The molecule has 3 rings (SSSR count). The predicted molar refractivity (Wildman–Crippen MR) is 70.6 cm³/mol. The summed E-state index contributed by atoms with van der Waals surface area (Å²) in [5.74, 6) is 0.737. The Kier molecular flexibility index (Phi) is 2.98. The van der Waals surface area contributed by atoms with Gasteiger partial charge in [0, 0.05) is 12.8 Å². The Morgan fingerprint density at radius 2 is 2.06 bits per heavy atom. The maximum Gasteiger partial charge on any atom is 0.133 e. The van der Waals surface area contributed by atoms with Gasteiger partial charge in [0.05, 0.1) is 11.7 Å². The first-order chi connectivity index (χ1) is 8.67. The zero-order valence-electron chi connectivity index (χ0n) is 10.9. The number of ether oxygens (including phenoxy) is 1. The van der Waals surface area contributed by atoms with Crippen LogP contribution in [0.5, 0.6) is 0 Å². The SMILES string of the molecule is C[C@]12C[C@H](c3ccccc3)CC(=O)CCC[C@@H]1O2. The van der Waals surface area contributed by atoms with E-state index in [-0.39, 0.29) is 5.60 Å². The van der Waals surface area contributed by atoms with Gasteiger partial charge in [0.15, 0.2) is 0 Å². The first kappa shape index (κ1) is 11.9. The third-order valence-electron chi connectivity index (χ3n) is 4.35. The molecule has 1 saturated carbocycles. The number of hydrogen-bond donors (Lipinski definition) is 0. The van der Waals surface area contributed by atoms with E-state index in [1.54, 1.807) is 0 Å². The van der Waals surface area contributed by atoms with Gasteiger partial charge in [0.2, 0.25) is 0 Å². The largest absolute Gasteiger partial charge is 0.366 e. The van der Waals surface area contributed by atoms with Gasteiger partial charge in [0.25, 0.3) is 0 Å². The molecule has 0 radical (unpaired) electrons. The zero-order valence-corrected chi connectivity index (χ0v) is 10.9. The normalized spacial score (nSPS) is 36.2. The summed E-state index contributed by atoms with van der Waals surface area (Å²) in [5.41, 5.74) is 1.30. The second kappa shape index (κ2) is 4.51. The van der Waals surface area contributed by atoms with Crippen molar-refractivity contribution in [3.8, 4) is 0 Å². The van der Waals surface area contributed by atoms with Crippen LogP contribution in [0, 0.1) is 0 Å². The van der Waals surface area contributed by atoms with Crippen LogP contribution in [0.3, 0.4) is 0 Å². The van der Waals surface area contributed by atoms with Crippen LogP contribution in [0.2, 0.25) is 0 Å². The monoisotopic (exact) mass is 244 g/mol. The molecule has 0 N–H and O–H groups in total. The molecule has 0 aromatic heterocycles. The number of Topliss-reactive ketones (excluding diaryl/α,β-unsaturated/α-hetero) is 1. The summed E-state index contributed by atoms with van der Waals surface area (Å²) >= 11 is 0. The quantitative estimate of drug-likeness (QED) is 0.708. The zero-order chi connectivity index (χ0) is 12.6. The molecule has 1 aliphatic heterocycles. The highest BCUT2D eigenvalue weighted by atomic mass is 16.6. The molecule has 1 saturated heterocycles. The fourth-order valence-corrected chi connectivity index (χ4v) is 3.22. The minimum atomic E-state index is 0.0190. The highest BCUT2D eigenvalue weighted by Gasteiger charge is 2.52. The third-order valence-corrected chi connectivity index (χ3v) is 4.35. The number of rotatable bonds is 1. The molecule has 2 aliphatic rings. The van der Waals surface area contributed by atoms with Crippen molar-refractivity contribution in [3.05, 3.63) is 35.9 Å². The standard InChI is InChI=1S/C16H20O2/c1-16-11-13(12-6-3-2-4-7-12)10-14(17)8-5-9-15(16)18-16/h2-4,6-7,13,15H,5,8-11H2,1H3/t13-,15+,16+/m1/s1. The van der Waals surface area contributed by atoms with Crippen LogP contribution in [0.25, 0.3) is 0 Å². The Morgan fingerprint density at radius 3 is 2.83 bits per heavy atom. The van der Waals surface area contributed by atoms with Crippen molar-refractivity contribution in [1.29, 1.82) is 0 Å². The summed E-state index contributed by atoms with van der Waals surface area (Å²) in [4.78, 5) is 12.0. The molecular weight excluding hydrogens is 224 g/mol. The van der Waals surface area contributed by atoms with Crippen LogP contribution in [0.4, 0.5) is 0 Å². The lowest BCUT2D eigenvalue weighted by atomic mass is 9.85. The highest BCUT2D eigenvalue weighted by molar-refractivity contribution is 5.79. The van der Waals surface area contributed by atoms with E-state index in [0.717, 1.165) is 25.7 Å². The smallest absolute Gasteiger partial charge is 0.133 e. The van der Waals surface area contributed by atoms with Crippen LogP contribution in [0.15, 0.2) is 30.3 Å². The number of epoxide rings is 1. The minimum Gasteiger partial charge on any atom is -0.366 e. The molecule has 0 unspecified atom stereocenters. The van der Waals surface area contributed by atoms with Crippen molar-refractivity contribution in [1.82, 2.24) is 0 Å². The molecule has 0 bridgehead atoms. The Bertz CT molecular complexity index is 440. The molecule has 2 heteroatoms. The van der Waals surface area contributed by atoms with E-state index < -0.39 is 0 Å². The van der Waals surface area contributed by atoms with Crippen molar-refractivity contribution in [2.75, 3.05) is 0 Å². The Balaban J connectivity index is 1.83. The van der Waals surface area contributed by atoms with E-state index in [9.17, 15) is 4.79 Å². The molecule has 3 atom stereocenters. The fraction of sp³-hybridized carbons (Fsp3) is 0.562. The Hall–Kier alpha value is -1.15. The molecule has 2 fully saturated rings. The first-order valence-corrected chi connectivity index (χ1v) is 6.92. The average Bonchev–Trinajstić information content (AvgIpc) is 2.99. The van der Waals surface area contributed by atoms with Crippen LogP contribution in [0.1, 0.15) is 50.5 Å². The summed E-state index contributed by atoms with van der Waals surface area (Å²) in [5, 5.41) is 0. The van der Waals surface area contributed by atoms with Crippen LogP contribution in [-0.2, 0) is 9.53 Å². The number of ketones is 1. The van der Waals surface area contributed by atoms with E-state index in [1.165, 1.54) is 5.56 Å². The van der Waals surface area contributed by atoms with Gasteiger partial charge in [-0.1, -0.05) is 30.3 Å². The molecule has 0 spiro atoms. The fourth-order valence-electron chi connectivity index (χ4n) is 3.22. The molecular formula is C16H20O2. The summed E-state index contributed by atoms with van der Waals surface area (Å²) in [6, 6.07) is 10.4. The molecule has 18 heavy (non-hydrogen) atoms. The number of benzene rings is 1. The predicted octanol–water partition coefficient (Wildman–Crippen LogP) is 3.46. The van der Waals surface area contributed by atoms with Gasteiger partial charge >= 0.3 is 0 Å². The maximum atomic E-state index is 12.0. The second-order valence-electron chi connectivity index (χ2n) is 5.87. The first-order valence-electron chi connectivity index (χ1n) is 6.92. The molecule has 1 aromatic carbocycles. The van der Waals surface area contributed by atoms with E-state index in [4.69, 9.17) is 4.74 Å². The third kappa shape index (κ3) is 2.35. The van der Waals surface area contributed by atoms with Crippen molar-refractivity contribution in [3.63, 3.8) is 0 Å². The lowest BCUT2D eigenvalue weighted by Crippen LogP contribution is -2.16. The van der Waals surface area contributed by atoms with E-state index in [0.29, 0.717) is 24.2 Å². The molecule has 2 nitrogen and oxygen atoms in total. The number of carbonyl (C=O) groups excluding carboxylic acids is 1. The van der Waals surface area contributed by atoms with Crippen LogP contribution >= 0.6 is 0 Å². The van der Waals surface area contributed by atoms with Gasteiger partial charge in [-0.05, 0) is 37.7 Å². The molecule has 0 amide bonds. The topological polar surface area (TPSA) is 29.6 Å². The van der Waals surface area contributed by atoms with E-state index in [1.807, 2.05) is 6.07 Å². The summed E-state index contributed by atoms with van der Waals surface area (Å²) in [6.45, 7) is 2.20. The molecule has 1 aromatic rings. The van der Waals surface area contributed by atoms with Gasteiger partial charge in [-0.3, -0.25) is 4.79 Å². The van der Waals surface area contributed by atoms with Gasteiger partial charge in [0.1, 0.15) is 5.78 Å². The van der Waals surface area contributed by atoms with E-state index in [2.05, 4.69) is 31.2 Å². The lowest BCUT2D eigenvalue weighted by molar-refractivity contribution is -0.119. The second-order valence-corrected chi connectivity index (χ2v) is 5.87. The summed E-state index contributed by atoms with van der Waals surface area (Å²) in [7, 11) is 0. The van der Waals surface area contributed by atoms with Crippen LogP contribution in [-0.4, -0.2) is 17.5 Å². The number of carbonyl (C=O) groups is 1. The molecule has 1 heterocycles. The maximum absolute atomic E-state index is 12.0. The molecule has 1 aliphatic carbocycles. The lowest BCUT2D eigenvalue weighted by Gasteiger charge is -2.18. The van der Waals surface area contributed by atoms with Crippen molar-refractivity contribution in [2.24, 2.45) is 0 Å². The van der Waals surface area contributed by atoms with Gasteiger partial charge in [-0.2, -0.15) is 0 Å². The summed E-state index contributed by atoms with van der Waals surface area (Å²) in [6.07, 6.45) is 4.79. The Morgan fingerprint density at radius 1 is 1.28 bits per heavy atom. The van der Waals surface area contributed by atoms with E-state index >= 15 is 0 Å². The average molecular weight is 244 g/mol. The van der Waals surface area contributed by atoms with Crippen LogP contribution < -0.4 is 0 Å². The molecule has 96 valence electrons. The van der Waals surface area contributed by atoms with Crippen molar-refractivity contribution < 1.29 is 9.53 Å². The van der Waals surface area contributed by atoms with Crippen molar-refractivity contribution >= 4 is 5.78 Å². The minimum absolute atomic E-state index is 0.0190. The van der Waals surface area contributed by atoms with Crippen molar-refractivity contribution in [2.45, 2.75) is 56.7 Å². The highest BCUT2D eigenvalue weighted by Crippen LogP contribution is 2.47. The number of fused-ring (bicyclic) bond motifs is 1. The summed E-state index contributed by atoms with van der Waals surface area (Å²) < 4.78 is 5.86. The van der Waals surface area contributed by atoms with Gasteiger partial charge < -0.3 is 4.74 Å².